The first-order chi connectivity index (χ1) is 1.41. The van der Waals surface area contributed by atoms with Crippen LogP contribution in [-0.4, -0.2) is 15.0 Å². The summed E-state index contributed by atoms with van der Waals surface area (Å²) < 4.78 is 0. The largest absolute Gasteiger partial charge is 1.00 e. The van der Waals surface area contributed by atoms with Crippen LogP contribution in [0.2, 0.25) is 11.6 Å². The zero-order valence-electron chi connectivity index (χ0n) is 4.41. The van der Waals surface area contributed by atoms with Crippen molar-refractivity contribution in [3.05, 3.63) is 0 Å². The minimum atomic E-state index is 0. The Kier molecular flexibility index (Phi) is 21.2. The minimum Gasteiger partial charge on any atom is -1.00 e. The van der Waals surface area contributed by atoms with E-state index in [9.17, 15) is 0 Å². The molecule has 0 N–H and O–H groups in total. The molecule has 4 heavy (non-hydrogen) atoms. The van der Waals surface area contributed by atoms with E-state index in [1.54, 1.807) is 0 Å². The van der Waals surface area contributed by atoms with Gasteiger partial charge in [-0.1, -0.05) is 0 Å². The second kappa shape index (κ2) is 8.94. The molecule has 0 fully saturated rings. The molecule has 0 aromatic rings. The van der Waals surface area contributed by atoms with Crippen molar-refractivity contribution in [1.82, 2.24) is 0 Å². The molecule has 0 bridgehead atoms. The smallest absolute Gasteiger partial charge is 1.00 e. The van der Waals surface area contributed by atoms with E-state index in [4.69, 9.17) is 0 Å². The van der Waals surface area contributed by atoms with Crippen molar-refractivity contribution in [2.75, 3.05) is 0 Å². The predicted octanol–water partition coefficient (Wildman–Crippen LogP) is -2.10. The SMILES string of the molecule is C[Se]C.[H-].[K+]. The number of hydrogen-bond donors (Lipinski definition) is 0. The monoisotopic (exact) mass is 150 g/mol. The standard InChI is InChI=1S/C2H6Se.K.H/c1-3-2;;/h1-2H3;;/q;+1;-1. The second-order valence-corrected chi connectivity index (χ2v) is 2.12. The van der Waals surface area contributed by atoms with E-state index >= 15 is 0 Å². The summed E-state index contributed by atoms with van der Waals surface area (Å²) in [5.41, 5.74) is 0. The average molecular weight is 149 g/mol. The summed E-state index contributed by atoms with van der Waals surface area (Å²) >= 11 is 0.875. The van der Waals surface area contributed by atoms with E-state index in [0.717, 1.165) is 15.0 Å². The summed E-state index contributed by atoms with van der Waals surface area (Å²) in [7, 11) is 0. The van der Waals surface area contributed by atoms with Crippen LogP contribution in [0.5, 0.6) is 0 Å². The van der Waals surface area contributed by atoms with Gasteiger partial charge in [-0.15, -0.1) is 0 Å². The molecule has 0 saturated carbocycles. The normalized spacial score (nSPS) is 4.50. The molecule has 0 aromatic heterocycles. The van der Waals surface area contributed by atoms with Crippen molar-refractivity contribution < 1.29 is 52.8 Å². The van der Waals surface area contributed by atoms with Crippen molar-refractivity contribution in [1.29, 1.82) is 0 Å². The Morgan fingerprint density at radius 3 is 1.50 bits per heavy atom. The second-order valence-electron chi connectivity index (χ2n) is 0.408. The molecule has 0 spiro atoms. The Morgan fingerprint density at radius 1 is 1.50 bits per heavy atom. The Bertz CT molecular complexity index is 9.61. The summed E-state index contributed by atoms with van der Waals surface area (Å²) in [5, 5.41) is 0. The van der Waals surface area contributed by atoms with Gasteiger partial charge in [0, 0.05) is 0 Å². The molecule has 0 aliphatic heterocycles. The fourth-order valence-electron chi connectivity index (χ4n) is 0. The molecular formula is C2H7KSe. The molecule has 0 amide bonds. The van der Waals surface area contributed by atoms with Crippen LogP contribution in [0.4, 0.5) is 0 Å². The Hall–Kier alpha value is 2.16. The molecule has 0 heterocycles. The first-order valence-corrected chi connectivity index (χ1v) is 4.24. The van der Waals surface area contributed by atoms with E-state index in [1.807, 2.05) is 0 Å². The summed E-state index contributed by atoms with van der Waals surface area (Å²) in [6.45, 7) is 0. The fraction of sp³-hybridized carbons (Fsp3) is 1.00. The maximum absolute atomic E-state index is 2.19. The number of rotatable bonds is 0. The maximum Gasteiger partial charge on any atom is 1.00 e. The molecule has 2 heteroatoms. The van der Waals surface area contributed by atoms with E-state index in [0.29, 0.717) is 0 Å². The molecular weight excluding hydrogens is 142 g/mol. The fourth-order valence-corrected chi connectivity index (χ4v) is 0. The van der Waals surface area contributed by atoms with Crippen LogP contribution in [-0.2, 0) is 0 Å². The molecule has 0 rings (SSSR count). The van der Waals surface area contributed by atoms with Gasteiger partial charge in [0.25, 0.3) is 0 Å². The molecule has 0 atom stereocenters. The van der Waals surface area contributed by atoms with Gasteiger partial charge < -0.3 is 1.43 Å². The third-order valence-electron chi connectivity index (χ3n) is 0. The molecule has 22 valence electrons. The van der Waals surface area contributed by atoms with Crippen LogP contribution in [0.3, 0.4) is 0 Å². The van der Waals surface area contributed by atoms with Gasteiger partial charge in [0.1, 0.15) is 0 Å². The van der Waals surface area contributed by atoms with Crippen molar-refractivity contribution in [3.63, 3.8) is 0 Å². The topological polar surface area (TPSA) is 0 Å². The van der Waals surface area contributed by atoms with Gasteiger partial charge in [0.05, 0.1) is 0 Å². The average Bonchev–Trinajstić information content (AvgIpc) is 0.918. The van der Waals surface area contributed by atoms with Crippen molar-refractivity contribution in [3.8, 4) is 0 Å². The van der Waals surface area contributed by atoms with Gasteiger partial charge >= 0.3 is 78.0 Å². The maximum atomic E-state index is 2.19. The third kappa shape index (κ3) is 8.91. The predicted molar refractivity (Wildman–Crippen MR) is 18.6 cm³/mol. The van der Waals surface area contributed by atoms with Crippen LogP contribution in [0, 0.1) is 0 Å². The Balaban J connectivity index is -0.0000000200. The molecule has 0 unspecified atom stereocenters. The van der Waals surface area contributed by atoms with Crippen LogP contribution in [0.1, 0.15) is 1.43 Å². The zero-order chi connectivity index (χ0) is 2.71. The first kappa shape index (κ1) is 9.47. The van der Waals surface area contributed by atoms with Gasteiger partial charge in [-0.25, -0.2) is 0 Å². The van der Waals surface area contributed by atoms with Crippen molar-refractivity contribution in [2.45, 2.75) is 11.6 Å². The van der Waals surface area contributed by atoms with Crippen LogP contribution < -0.4 is 51.4 Å². The van der Waals surface area contributed by atoms with Crippen molar-refractivity contribution in [2.24, 2.45) is 0 Å². The Labute approximate surface area is 77.8 Å². The molecule has 0 aliphatic carbocycles. The van der Waals surface area contributed by atoms with Gasteiger partial charge in [0.2, 0.25) is 0 Å². The summed E-state index contributed by atoms with van der Waals surface area (Å²) in [5.74, 6) is 4.38. The van der Waals surface area contributed by atoms with E-state index in [1.165, 1.54) is 0 Å². The summed E-state index contributed by atoms with van der Waals surface area (Å²) in [6.07, 6.45) is 0. The summed E-state index contributed by atoms with van der Waals surface area (Å²) in [6, 6.07) is 0. The zero-order valence-corrected chi connectivity index (χ0v) is 8.24. The van der Waals surface area contributed by atoms with Gasteiger partial charge in [-0.2, -0.15) is 0 Å². The Morgan fingerprint density at radius 2 is 1.50 bits per heavy atom. The molecule has 0 aliphatic rings. The van der Waals surface area contributed by atoms with E-state index in [-0.39, 0.29) is 52.8 Å². The molecule has 0 nitrogen and oxygen atoms in total. The van der Waals surface area contributed by atoms with Crippen LogP contribution in [0.15, 0.2) is 0 Å². The van der Waals surface area contributed by atoms with E-state index < -0.39 is 0 Å². The first-order valence-electron chi connectivity index (χ1n) is 0.816. The molecule has 0 aromatic carbocycles. The van der Waals surface area contributed by atoms with Crippen LogP contribution in [0.25, 0.3) is 0 Å². The van der Waals surface area contributed by atoms with Gasteiger partial charge in [-0.05, 0) is 0 Å². The molecule has 0 saturated heterocycles. The summed E-state index contributed by atoms with van der Waals surface area (Å²) in [4.78, 5) is 0. The van der Waals surface area contributed by atoms with Crippen LogP contribution >= 0.6 is 0 Å². The van der Waals surface area contributed by atoms with Crippen molar-refractivity contribution >= 4 is 15.0 Å². The molecule has 0 radical (unpaired) electrons. The van der Waals surface area contributed by atoms with Gasteiger partial charge in [0.15, 0.2) is 0 Å². The van der Waals surface area contributed by atoms with E-state index in [2.05, 4.69) is 11.6 Å². The van der Waals surface area contributed by atoms with Gasteiger partial charge in [-0.3, -0.25) is 0 Å². The third-order valence-corrected chi connectivity index (χ3v) is 0. The minimum absolute atomic E-state index is 0. The number of hydrogen-bond acceptors (Lipinski definition) is 0. The quantitative estimate of drug-likeness (QED) is 0.346.